The number of thiazole rings is 1. The number of amides is 1. The lowest BCUT2D eigenvalue weighted by molar-refractivity contribution is 0.0720. The zero-order valence-corrected chi connectivity index (χ0v) is 18.7. The highest BCUT2D eigenvalue weighted by atomic mass is 32.1. The molecule has 6 heteroatoms. The predicted molar refractivity (Wildman–Crippen MR) is 120 cm³/mol. The molecule has 0 saturated heterocycles. The Balaban J connectivity index is 1.67. The van der Waals surface area contributed by atoms with Crippen LogP contribution >= 0.6 is 11.3 Å². The molecule has 0 aliphatic rings. The monoisotopic (exact) mass is 424 g/mol. The van der Waals surface area contributed by atoms with E-state index in [1.165, 1.54) is 11.3 Å². The van der Waals surface area contributed by atoms with Crippen molar-refractivity contribution >= 4 is 17.2 Å². The molecule has 1 aromatic heterocycles. The molecule has 0 fully saturated rings. The third-order valence-electron chi connectivity index (χ3n) is 4.54. The van der Waals surface area contributed by atoms with E-state index in [0.717, 1.165) is 16.3 Å². The van der Waals surface area contributed by atoms with E-state index in [1.807, 2.05) is 65.7 Å². The standard InChI is InChI=1S/C24H28N2O3S/c1-17(2)13-26(24(27)19-11-9-18(3)10-12-19)14-20-16-30-23(25-20)15-29-22-8-6-5-7-21(22)28-4/h5-12,16-17H,13-15H2,1-4H3. The van der Waals surface area contributed by atoms with E-state index in [4.69, 9.17) is 9.47 Å². The van der Waals surface area contributed by atoms with Gasteiger partial charge in [-0.15, -0.1) is 11.3 Å². The Morgan fingerprint density at radius 1 is 1.10 bits per heavy atom. The molecule has 3 aromatic rings. The van der Waals surface area contributed by atoms with Gasteiger partial charge >= 0.3 is 0 Å². The van der Waals surface area contributed by atoms with Crippen molar-refractivity contribution in [1.29, 1.82) is 0 Å². The van der Waals surface area contributed by atoms with Crippen molar-refractivity contribution in [3.63, 3.8) is 0 Å². The van der Waals surface area contributed by atoms with Gasteiger partial charge in [-0.25, -0.2) is 4.98 Å². The summed E-state index contributed by atoms with van der Waals surface area (Å²) in [6.07, 6.45) is 0. The molecule has 3 rings (SSSR count). The normalized spacial score (nSPS) is 10.8. The summed E-state index contributed by atoms with van der Waals surface area (Å²) in [4.78, 5) is 19.6. The number of benzene rings is 2. The smallest absolute Gasteiger partial charge is 0.254 e. The van der Waals surface area contributed by atoms with Crippen molar-refractivity contribution < 1.29 is 14.3 Å². The average molecular weight is 425 g/mol. The molecule has 0 aliphatic heterocycles. The van der Waals surface area contributed by atoms with Crippen molar-refractivity contribution in [2.75, 3.05) is 13.7 Å². The molecule has 158 valence electrons. The van der Waals surface area contributed by atoms with Crippen LogP contribution in [-0.2, 0) is 13.2 Å². The van der Waals surface area contributed by atoms with Gasteiger partial charge in [0.2, 0.25) is 0 Å². The molecule has 0 unspecified atom stereocenters. The molecule has 0 saturated carbocycles. The van der Waals surface area contributed by atoms with Crippen LogP contribution in [0.2, 0.25) is 0 Å². The minimum atomic E-state index is 0.0310. The fraction of sp³-hybridized carbons (Fsp3) is 0.333. The quantitative estimate of drug-likeness (QED) is 0.465. The first kappa shape index (κ1) is 21.8. The van der Waals surface area contributed by atoms with Gasteiger partial charge in [-0.1, -0.05) is 43.7 Å². The molecule has 30 heavy (non-hydrogen) atoms. The van der Waals surface area contributed by atoms with Crippen molar-refractivity contribution in [3.05, 3.63) is 75.7 Å². The van der Waals surface area contributed by atoms with Crippen LogP contribution in [0.1, 0.15) is 40.5 Å². The number of nitrogens with zero attached hydrogens (tertiary/aromatic N) is 2. The number of hydrogen-bond donors (Lipinski definition) is 0. The van der Waals surface area contributed by atoms with Crippen LogP contribution in [-0.4, -0.2) is 29.4 Å². The van der Waals surface area contributed by atoms with Crippen molar-refractivity contribution in [1.82, 2.24) is 9.88 Å². The van der Waals surface area contributed by atoms with E-state index >= 15 is 0 Å². The van der Waals surface area contributed by atoms with E-state index in [0.29, 0.717) is 42.7 Å². The first-order valence-electron chi connectivity index (χ1n) is 10.0. The van der Waals surface area contributed by atoms with Gasteiger partial charge in [-0.2, -0.15) is 0 Å². The Hall–Kier alpha value is -2.86. The molecule has 0 atom stereocenters. The van der Waals surface area contributed by atoms with E-state index in [-0.39, 0.29) is 5.91 Å². The van der Waals surface area contributed by atoms with Crippen LogP contribution in [0.4, 0.5) is 0 Å². The lowest BCUT2D eigenvalue weighted by atomic mass is 10.1. The number of para-hydroxylation sites is 2. The van der Waals surface area contributed by atoms with Gasteiger partial charge in [-0.3, -0.25) is 4.79 Å². The van der Waals surface area contributed by atoms with Crippen molar-refractivity contribution in [2.24, 2.45) is 5.92 Å². The number of hydrogen-bond acceptors (Lipinski definition) is 5. The van der Waals surface area contributed by atoms with Gasteiger partial charge in [0.05, 0.1) is 19.3 Å². The van der Waals surface area contributed by atoms with Gasteiger partial charge in [0, 0.05) is 17.5 Å². The highest BCUT2D eigenvalue weighted by Crippen LogP contribution is 2.27. The van der Waals surface area contributed by atoms with E-state index in [1.54, 1.807) is 7.11 Å². The number of ether oxygens (including phenoxy) is 2. The molecule has 0 N–H and O–H groups in total. The van der Waals surface area contributed by atoms with E-state index < -0.39 is 0 Å². The first-order chi connectivity index (χ1) is 14.5. The molecular weight excluding hydrogens is 396 g/mol. The minimum Gasteiger partial charge on any atom is -0.493 e. The summed E-state index contributed by atoms with van der Waals surface area (Å²) in [7, 11) is 1.62. The van der Waals surface area contributed by atoms with Gasteiger partial charge in [0.15, 0.2) is 11.5 Å². The number of carbonyl (C=O) groups excluding carboxylic acids is 1. The van der Waals surface area contributed by atoms with Crippen LogP contribution in [0.3, 0.4) is 0 Å². The molecular formula is C24H28N2O3S. The second kappa shape index (κ2) is 10.3. The number of methoxy groups -OCH3 is 1. The Kier molecular flexibility index (Phi) is 7.46. The second-order valence-electron chi connectivity index (χ2n) is 7.62. The summed E-state index contributed by atoms with van der Waals surface area (Å²) in [5.41, 5.74) is 2.72. The summed E-state index contributed by atoms with van der Waals surface area (Å²) >= 11 is 1.54. The van der Waals surface area contributed by atoms with Crippen LogP contribution in [0.25, 0.3) is 0 Å². The predicted octanol–water partition coefficient (Wildman–Crippen LogP) is 5.34. The van der Waals surface area contributed by atoms with E-state index in [9.17, 15) is 4.79 Å². The van der Waals surface area contributed by atoms with Gasteiger partial charge in [0.1, 0.15) is 11.6 Å². The van der Waals surface area contributed by atoms with Crippen LogP contribution < -0.4 is 9.47 Å². The summed E-state index contributed by atoms with van der Waals surface area (Å²) < 4.78 is 11.2. The number of carbonyl (C=O) groups is 1. The Labute approximate surface area is 182 Å². The molecule has 5 nitrogen and oxygen atoms in total. The lowest BCUT2D eigenvalue weighted by Crippen LogP contribution is -2.33. The maximum Gasteiger partial charge on any atom is 0.254 e. The van der Waals surface area contributed by atoms with Crippen LogP contribution in [0, 0.1) is 12.8 Å². The Bertz CT molecular complexity index is 967. The van der Waals surface area contributed by atoms with Crippen molar-refractivity contribution in [3.8, 4) is 11.5 Å². The summed E-state index contributed by atoms with van der Waals surface area (Å²) in [5.74, 6) is 1.78. The third-order valence-corrected chi connectivity index (χ3v) is 5.41. The Morgan fingerprint density at radius 3 is 2.47 bits per heavy atom. The third kappa shape index (κ3) is 5.83. The van der Waals surface area contributed by atoms with Crippen LogP contribution in [0.15, 0.2) is 53.9 Å². The summed E-state index contributed by atoms with van der Waals surface area (Å²) in [5, 5.41) is 2.86. The van der Waals surface area contributed by atoms with E-state index in [2.05, 4.69) is 18.8 Å². The van der Waals surface area contributed by atoms with Crippen molar-refractivity contribution in [2.45, 2.75) is 33.9 Å². The maximum atomic E-state index is 13.0. The maximum absolute atomic E-state index is 13.0. The largest absolute Gasteiger partial charge is 0.493 e. The minimum absolute atomic E-state index is 0.0310. The lowest BCUT2D eigenvalue weighted by Gasteiger charge is -2.24. The highest BCUT2D eigenvalue weighted by Gasteiger charge is 2.19. The Morgan fingerprint density at radius 2 is 1.80 bits per heavy atom. The zero-order chi connectivity index (χ0) is 21.5. The molecule has 1 amide bonds. The molecule has 1 heterocycles. The highest BCUT2D eigenvalue weighted by molar-refractivity contribution is 7.09. The fourth-order valence-corrected chi connectivity index (χ4v) is 3.80. The number of aryl methyl sites for hydroxylation is 1. The first-order valence-corrected chi connectivity index (χ1v) is 10.9. The zero-order valence-electron chi connectivity index (χ0n) is 17.9. The van der Waals surface area contributed by atoms with Gasteiger partial charge in [0.25, 0.3) is 5.91 Å². The SMILES string of the molecule is COc1ccccc1OCc1nc(CN(CC(C)C)C(=O)c2ccc(C)cc2)cs1. The average Bonchev–Trinajstić information content (AvgIpc) is 3.19. The van der Waals surface area contributed by atoms with Crippen LogP contribution in [0.5, 0.6) is 11.5 Å². The number of aromatic nitrogens is 1. The summed E-state index contributed by atoms with van der Waals surface area (Å²) in [6.45, 7) is 7.77. The molecule has 0 bridgehead atoms. The molecule has 0 aliphatic carbocycles. The van der Waals surface area contributed by atoms with Gasteiger partial charge < -0.3 is 14.4 Å². The fourth-order valence-electron chi connectivity index (χ4n) is 3.10. The molecule has 2 aromatic carbocycles. The second-order valence-corrected chi connectivity index (χ2v) is 8.56. The molecule has 0 radical (unpaired) electrons. The topological polar surface area (TPSA) is 51.7 Å². The van der Waals surface area contributed by atoms with Gasteiger partial charge in [-0.05, 0) is 37.1 Å². The summed E-state index contributed by atoms with van der Waals surface area (Å²) in [6, 6.07) is 15.3. The number of rotatable bonds is 9. The molecule has 0 spiro atoms.